The smallest absolute Gasteiger partial charge is 0.160 e. The van der Waals surface area contributed by atoms with Gasteiger partial charge in [0, 0.05) is 17.7 Å². The van der Waals surface area contributed by atoms with Gasteiger partial charge in [0.15, 0.2) is 5.65 Å². The Kier molecular flexibility index (Phi) is 6.03. The molecule has 172 valence electrons. The van der Waals surface area contributed by atoms with Crippen LogP contribution in [0.2, 0.25) is 0 Å². The average molecular weight is 459 g/mol. The zero-order valence-electron chi connectivity index (χ0n) is 20.1. The molecule has 0 aliphatic carbocycles. The maximum absolute atomic E-state index is 9.68. The summed E-state index contributed by atoms with van der Waals surface area (Å²) in [6, 6.07) is 27.9. The molecule has 5 heteroatoms. The first-order valence-electron chi connectivity index (χ1n) is 11.8. The highest BCUT2D eigenvalue weighted by Gasteiger charge is 2.14. The number of aryl methyl sites for hydroxylation is 3. The lowest BCUT2D eigenvalue weighted by molar-refractivity contribution is 0.483. The van der Waals surface area contributed by atoms with Gasteiger partial charge >= 0.3 is 0 Å². The van der Waals surface area contributed by atoms with Crippen LogP contribution < -0.4 is 4.74 Å². The van der Waals surface area contributed by atoms with Gasteiger partial charge in [-0.05, 0) is 66.9 Å². The summed E-state index contributed by atoms with van der Waals surface area (Å²) >= 11 is 0. The molecule has 0 saturated heterocycles. The minimum Gasteiger partial charge on any atom is -0.457 e. The van der Waals surface area contributed by atoms with Crippen molar-refractivity contribution in [3.63, 3.8) is 0 Å². The molecular formula is C30H26N4O. The first-order valence-corrected chi connectivity index (χ1v) is 11.8. The van der Waals surface area contributed by atoms with Gasteiger partial charge in [-0.1, -0.05) is 49.4 Å². The van der Waals surface area contributed by atoms with Gasteiger partial charge in [-0.15, -0.1) is 0 Å². The van der Waals surface area contributed by atoms with E-state index in [4.69, 9.17) is 14.7 Å². The Morgan fingerprint density at radius 3 is 2.37 bits per heavy atom. The Labute approximate surface area is 205 Å². The van der Waals surface area contributed by atoms with E-state index in [9.17, 15) is 5.26 Å². The number of nitrogens with zero attached hydrogens (tertiary/aromatic N) is 4. The summed E-state index contributed by atoms with van der Waals surface area (Å²) < 4.78 is 8.20. The van der Waals surface area contributed by atoms with Gasteiger partial charge in [0.1, 0.15) is 22.8 Å². The molecule has 0 atom stereocenters. The maximum Gasteiger partial charge on any atom is 0.160 e. The van der Waals surface area contributed by atoms with Gasteiger partial charge in [-0.3, -0.25) is 0 Å². The van der Waals surface area contributed by atoms with Crippen molar-refractivity contribution in [1.29, 1.82) is 5.26 Å². The van der Waals surface area contributed by atoms with E-state index < -0.39 is 0 Å². The fourth-order valence-electron chi connectivity index (χ4n) is 4.40. The molecule has 2 aromatic heterocycles. The molecule has 0 unspecified atom stereocenters. The topological polar surface area (TPSA) is 63.7 Å². The van der Waals surface area contributed by atoms with Gasteiger partial charge in [0.05, 0.1) is 18.2 Å². The zero-order valence-corrected chi connectivity index (χ0v) is 20.1. The minimum atomic E-state index is 0.613. The number of nitriles is 1. The molecule has 0 aliphatic rings. The average Bonchev–Trinajstić information content (AvgIpc) is 3.22. The molecule has 35 heavy (non-hydrogen) atoms. The van der Waals surface area contributed by atoms with Gasteiger partial charge in [0.25, 0.3) is 0 Å². The van der Waals surface area contributed by atoms with E-state index in [0.29, 0.717) is 17.9 Å². The molecule has 5 aromatic rings. The number of hydrogen-bond acceptors (Lipinski definition) is 4. The standard InChI is InChI=1S/C30H26N4O/c1-4-28-33-29-20(2)16-21(3)32-30(29)34(28)19-22-10-12-23(13-11-22)27-17-26(15-14-24(27)18-31)35-25-8-6-5-7-9-25/h5-17H,4,19H2,1-3H3. The summed E-state index contributed by atoms with van der Waals surface area (Å²) in [6.07, 6.45) is 0.840. The van der Waals surface area contributed by atoms with Crippen molar-refractivity contribution in [2.45, 2.75) is 33.7 Å². The highest BCUT2D eigenvalue weighted by atomic mass is 16.5. The van der Waals surface area contributed by atoms with Crippen molar-refractivity contribution in [1.82, 2.24) is 14.5 Å². The second-order valence-corrected chi connectivity index (χ2v) is 8.65. The summed E-state index contributed by atoms with van der Waals surface area (Å²) in [5.74, 6) is 2.49. The largest absolute Gasteiger partial charge is 0.457 e. The Morgan fingerprint density at radius 1 is 0.886 bits per heavy atom. The van der Waals surface area contributed by atoms with E-state index in [1.54, 1.807) is 0 Å². The number of para-hydroxylation sites is 1. The lowest BCUT2D eigenvalue weighted by Gasteiger charge is -2.11. The molecule has 0 saturated carbocycles. The van der Waals surface area contributed by atoms with Gasteiger partial charge in [-0.2, -0.15) is 5.26 Å². The monoisotopic (exact) mass is 458 g/mol. The summed E-state index contributed by atoms with van der Waals surface area (Å²) in [5.41, 5.74) is 7.64. The van der Waals surface area contributed by atoms with Crippen LogP contribution >= 0.6 is 0 Å². The SMILES string of the molecule is CCc1nc2c(C)cc(C)nc2n1Cc1ccc(-c2cc(Oc3ccccc3)ccc2C#N)cc1. The third kappa shape index (κ3) is 4.51. The molecule has 0 N–H and O–H groups in total. The van der Waals surface area contributed by atoms with Crippen LogP contribution in [-0.4, -0.2) is 14.5 Å². The van der Waals surface area contributed by atoms with Crippen molar-refractivity contribution in [3.8, 4) is 28.7 Å². The van der Waals surface area contributed by atoms with E-state index in [2.05, 4.69) is 54.8 Å². The Hall–Kier alpha value is -4.43. The summed E-state index contributed by atoms with van der Waals surface area (Å²) in [5, 5.41) is 9.68. The van der Waals surface area contributed by atoms with Crippen LogP contribution in [-0.2, 0) is 13.0 Å². The van der Waals surface area contributed by atoms with E-state index >= 15 is 0 Å². The van der Waals surface area contributed by atoms with Crippen LogP contribution in [0.4, 0.5) is 0 Å². The molecule has 0 bridgehead atoms. The van der Waals surface area contributed by atoms with Crippen LogP contribution in [0.15, 0.2) is 78.9 Å². The van der Waals surface area contributed by atoms with Crippen molar-refractivity contribution >= 4 is 11.2 Å². The minimum absolute atomic E-state index is 0.613. The highest BCUT2D eigenvalue weighted by Crippen LogP contribution is 2.31. The van der Waals surface area contributed by atoms with Gasteiger partial charge in [0.2, 0.25) is 0 Å². The van der Waals surface area contributed by atoms with Crippen molar-refractivity contribution in [2.75, 3.05) is 0 Å². The maximum atomic E-state index is 9.68. The normalized spacial score (nSPS) is 10.9. The first-order chi connectivity index (χ1) is 17.1. The summed E-state index contributed by atoms with van der Waals surface area (Å²) in [4.78, 5) is 9.63. The summed E-state index contributed by atoms with van der Waals surface area (Å²) in [7, 11) is 0. The molecule has 0 amide bonds. The lowest BCUT2D eigenvalue weighted by atomic mass is 9.99. The molecule has 5 nitrogen and oxygen atoms in total. The molecule has 0 fully saturated rings. The first kappa shape index (κ1) is 22.4. The van der Waals surface area contributed by atoms with Crippen LogP contribution in [0.3, 0.4) is 0 Å². The van der Waals surface area contributed by atoms with Crippen LogP contribution in [0.5, 0.6) is 11.5 Å². The van der Waals surface area contributed by atoms with Gasteiger partial charge in [-0.25, -0.2) is 9.97 Å². The number of ether oxygens (including phenoxy) is 1. The molecule has 0 aliphatic heterocycles. The van der Waals surface area contributed by atoms with Crippen molar-refractivity contribution in [2.24, 2.45) is 0 Å². The second kappa shape index (κ2) is 9.44. The Bertz CT molecular complexity index is 1540. The van der Waals surface area contributed by atoms with Crippen molar-refractivity contribution < 1.29 is 4.74 Å². The lowest BCUT2D eigenvalue weighted by Crippen LogP contribution is -2.05. The Morgan fingerprint density at radius 2 is 1.66 bits per heavy atom. The summed E-state index contributed by atoms with van der Waals surface area (Å²) in [6.45, 7) is 6.92. The third-order valence-electron chi connectivity index (χ3n) is 6.11. The number of fused-ring (bicyclic) bond motifs is 1. The number of benzene rings is 3. The number of imidazole rings is 1. The Balaban J connectivity index is 1.46. The highest BCUT2D eigenvalue weighted by molar-refractivity contribution is 5.76. The van der Waals surface area contributed by atoms with E-state index in [1.165, 1.54) is 0 Å². The molecule has 0 radical (unpaired) electrons. The molecule has 2 heterocycles. The quantitative estimate of drug-likeness (QED) is 0.275. The number of pyridine rings is 1. The molecule has 3 aromatic carbocycles. The van der Waals surface area contributed by atoms with Crippen molar-refractivity contribution in [3.05, 3.63) is 107 Å². The second-order valence-electron chi connectivity index (χ2n) is 8.65. The van der Waals surface area contributed by atoms with E-state index in [-0.39, 0.29) is 0 Å². The zero-order chi connectivity index (χ0) is 24.4. The van der Waals surface area contributed by atoms with Gasteiger partial charge < -0.3 is 9.30 Å². The van der Waals surface area contributed by atoms with Crippen LogP contribution in [0, 0.1) is 25.2 Å². The predicted molar refractivity (Wildman–Crippen MR) is 139 cm³/mol. The fourth-order valence-corrected chi connectivity index (χ4v) is 4.40. The molecular weight excluding hydrogens is 432 g/mol. The predicted octanol–water partition coefficient (Wildman–Crippen LogP) is 6.99. The number of rotatable bonds is 6. The van der Waals surface area contributed by atoms with E-state index in [1.807, 2.05) is 55.5 Å². The fraction of sp³-hybridized carbons (Fsp3) is 0.167. The van der Waals surface area contributed by atoms with Crippen LogP contribution in [0.25, 0.3) is 22.3 Å². The number of aromatic nitrogens is 3. The molecule has 5 rings (SSSR count). The molecule has 0 spiro atoms. The van der Waals surface area contributed by atoms with Crippen LogP contribution in [0.1, 0.15) is 35.1 Å². The number of hydrogen-bond donors (Lipinski definition) is 0. The third-order valence-corrected chi connectivity index (χ3v) is 6.11. The van der Waals surface area contributed by atoms with E-state index in [0.717, 1.165) is 57.1 Å².